The van der Waals surface area contributed by atoms with Gasteiger partial charge in [-0.3, -0.25) is 0 Å². The molecule has 1 aromatic heterocycles. The van der Waals surface area contributed by atoms with Crippen molar-refractivity contribution < 1.29 is 9.50 Å². The van der Waals surface area contributed by atoms with E-state index in [0.29, 0.717) is 35.8 Å². The SMILES string of the molecule is CCNC(=NCc1ccc(F)c(CO)c1)NCc1cc(Cl)c(Cl)n1C.I. The zero-order valence-corrected chi connectivity index (χ0v) is 18.4. The number of benzene rings is 1. The fourth-order valence-corrected chi connectivity index (χ4v) is 2.71. The average molecular weight is 515 g/mol. The van der Waals surface area contributed by atoms with Crippen molar-refractivity contribution in [2.45, 2.75) is 26.6 Å². The molecule has 1 aromatic carbocycles. The van der Waals surface area contributed by atoms with Crippen molar-refractivity contribution in [1.82, 2.24) is 15.2 Å². The Labute approximate surface area is 179 Å². The van der Waals surface area contributed by atoms with Crippen LogP contribution in [0.15, 0.2) is 29.3 Å². The molecule has 0 aliphatic carbocycles. The molecule has 144 valence electrons. The van der Waals surface area contributed by atoms with Crippen LogP contribution in [0.5, 0.6) is 0 Å². The van der Waals surface area contributed by atoms with Crippen molar-refractivity contribution in [3.8, 4) is 0 Å². The van der Waals surface area contributed by atoms with E-state index in [4.69, 9.17) is 28.3 Å². The summed E-state index contributed by atoms with van der Waals surface area (Å²) in [6, 6.07) is 6.40. The Morgan fingerprint density at radius 1 is 1.27 bits per heavy atom. The second-order valence-electron chi connectivity index (χ2n) is 5.47. The summed E-state index contributed by atoms with van der Waals surface area (Å²) >= 11 is 12.1. The van der Waals surface area contributed by atoms with Crippen molar-refractivity contribution in [2.24, 2.45) is 12.0 Å². The molecule has 0 radical (unpaired) electrons. The summed E-state index contributed by atoms with van der Waals surface area (Å²) in [7, 11) is 1.84. The number of nitrogens with zero attached hydrogens (tertiary/aromatic N) is 2. The maximum atomic E-state index is 13.4. The van der Waals surface area contributed by atoms with Gasteiger partial charge in [-0.25, -0.2) is 9.38 Å². The molecule has 0 atom stereocenters. The van der Waals surface area contributed by atoms with E-state index >= 15 is 0 Å². The molecule has 0 unspecified atom stereocenters. The third-order valence-electron chi connectivity index (χ3n) is 3.70. The fraction of sp³-hybridized carbons (Fsp3) is 0.353. The van der Waals surface area contributed by atoms with Crippen molar-refractivity contribution in [1.29, 1.82) is 0 Å². The van der Waals surface area contributed by atoms with Crippen LogP contribution in [0.3, 0.4) is 0 Å². The summed E-state index contributed by atoms with van der Waals surface area (Å²) in [5, 5.41) is 16.5. The van der Waals surface area contributed by atoms with Crippen LogP contribution in [0, 0.1) is 5.82 Å². The van der Waals surface area contributed by atoms with Crippen molar-refractivity contribution in [2.75, 3.05) is 6.54 Å². The van der Waals surface area contributed by atoms with Gasteiger partial charge in [-0.2, -0.15) is 0 Å². The molecule has 0 saturated carbocycles. The second kappa shape index (κ2) is 11.0. The first kappa shape index (κ1) is 23.0. The van der Waals surface area contributed by atoms with Gasteiger partial charge in [0.15, 0.2) is 5.96 Å². The summed E-state index contributed by atoms with van der Waals surface area (Å²) in [5.74, 6) is 0.198. The summed E-state index contributed by atoms with van der Waals surface area (Å²) in [6.45, 7) is 3.19. The van der Waals surface area contributed by atoms with Gasteiger partial charge in [-0.1, -0.05) is 29.3 Å². The molecule has 1 heterocycles. The van der Waals surface area contributed by atoms with Crippen LogP contribution in [-0.2, 0) is 26.7 Å². The zero-order valence-electron chi connectivity index (χ0n) is 14.5. The lowest BCUT2D eigenvalue weighted by Crippen LogP contribution is -2.37. The molecule has 5 nitrogen and oxygen atoms in total. The maximum Gasteiger partial charge on any atom is 0.191 e. The summed E-state index contributed by atoms with van der Waals surface area (Å²) in [4.78, 5) is 4.48. The topological polar surface area (TPSA) is 61.6 Å². The van der Waals surface area contributed by atoms with Gasteiger partial charge < -0.3 is 20.3 Å². The van der Waals surface area contributed by atoms with Gasteiger partial charge in [0.2, 0.25) is 0 Å². The molecule has 2 aromatic rings. The molecule has 2 rings (SSSR count). The minimum absolute atomic E-state index is 0. The Hall–Kier alpha value is -1.03. The lowest BCUT2D eigenvalue weighted by atomic mass is 10.1. The summed E-state index contributed by atoms with van der Waals surface area (Å²) in [6.07, 6.45) is 0. The molecule has 3 N–H and O–H groups in total. The molecule has 9 heteroatoms. The molecular weight excluding hydrogens is 493 g/mol. The quantitative estimate of drug-likeness (QED) is 0.312. The third kappa shape index (κ3) is 6.00. The number of nitrogens with one attached hydrogen (secondary N) is 2. The molecule has 0 fully saturated rings. The first-order chi connectivity index (χ1) is 12.0. The van der Waals surface area contributed by atoms with Gasteiger partial charge in [-0.05, 0) is 30.7 Å². The Kier molecular flexibility index (Phi) is 9.70. The predicted octanol–water partition coefficient (Wildman–Crippen LogP) is 3.84. The number of rotatable bonds is 6. The van der Waals surface area contributed by atoms with E-state index in [1.54, 1.807) is 22.8 Å². The van der Waals surface area contributed by atoms with Gasteiger partial charge in [0.25, 0.3) is 0 Å². The molecule has 26 heavy (non-hydrogen) atoms. The maximum absolute atomic E-state index is 13.4. The third-order valence-corrected chi connectivity index (χ3v) is 4.54. The zero-order chi connectivity index (χ0) is 18.4. The van der Waals surface area contributed by atoms with Gasteiger partial charge in [-0.15, -0.1) is 24.0 Å². The van der Waals surface area contributed by atoms with Gasteiger partial charge >= 0.3 is 0 Å². The molecule has 0 saturated heterocycles. The summed E-state index contributed by atoms with van der Waals surface area (Å²) < 4.78 is 15.2. The van der Waals surface area contributed by atoms with E-state index in [-0.39, 0.29) is 36.1 Å². The van der Waals surface area contributed by atoms with Crippen molar-refractivity contribution in [3.63, 3.8) is 0 Å². The van der Waals surface area contributed by atoms with E-state index in [9.17, 15) is 4.39 Å². The Morgan fingerprint density at radius 2 is 2.00 bits per heavy atom. The number of aliphatic hydroxyl groups is 1. The van der Waals surface area contributed by atoms with Crippen LogP contribution in [0.2, 0.25) is 10.2 Å². The number of aromatic nitrogens is 1. The van der Waals surface area contributed by atoms with Gasteiger partial charge in [0.1, 0.15) is 11.0 Å². The Morgan fingerprint density at radius 3 is 2.58 bits per heavy atom. The minimum Gasteiger partial charge on any atom is -0.392 e. The predicted molar refractivity (Wildman–Crippen MR) is 115 cm³/mol. The molecule has 0 amide bonds. The minimum atomic E-state index is -0.419. The number of halogens is 4. The molecule has 0 aliphatic heterocycles. The highest BCUT2D eigenvalue weighted by atomic mass is 127. The van der Waals surface area contributed by atoms with E-state index in [0.717, 1.165) is 11.3 Å². The lowest BCUT2D eigenvalue weighted by molar-refractivity contribution is 0.275. The molecule has 0 spiro atoms. The Balaban J connectivity index is 0.00000338. The summed E-state index contributed by atoms with van der Waals surface area (Å²) in [5.41, 5.74) is 2.00. The number of hydrogen-bond acceptors (Lipinski definition) is 2. The lowest BCUT2D eigenvalue weighted by Gasteiger charge is -2.12. The highest BCUT2D eigenvalue weighted by Gasteiger charge is 2.09. The highest BCUT2D eigenvalue weighted by Crippen LogP contribution is 2.24. The van der Waals surface area contributed by atoms with E-state index in [1.807, 2.05) is 14.0 Å². The Bertz CT molecular complexity index is 767. The number of aliphatic hydroxyl groups excluding tert-OH is 1. The standard InChI is InChI=1S/C17H21Cl2FN4O.HI/c1-3-21-17(23-9-13-7-14(18)16(19)24(13)2)22-8-11-4-5-15(20)12(6-11)10-25;/h4-7,25H,3,8-10H2,1-2H3,(H2,21,22,23);1H. The van der Waals surface area contributed by atoms with Crippen LogP contribution in [0.25, 0.3) is 0 Å². The largest absolute Gasteiger partial charge is 0.392 e. The number of guanidine groups is 1. The first-order valence-electron chi connectivity index (χ1n) is 7.86. The van der Waals surface area contributed by atoms with Gasteiger partial charge in [0, 0.05) is 24.8 Å². The van der Waals surface area contributed by atoms with Crippen LogP contribution < -0.4 is 10.6 Å². The molecule has 0 aliphatic rings. The van der Waals surface area contributed by atoms with Crippen molar-refractivity contribution in [3.05, 3.63) is 57.1 Å². The van der Waals surface area contributed by atoms with E-state index in [1.165, 1.54) is 6.07 Å². The number of aliphatic imine (C=N–C) groups is 1. The molecule has 0 bridgehead atoms. The van der Waals surface area contributed by atoms with Crippen LogP contribution in [0.1, 0.15) is 23.7 Å². The fourth-order valence-electron chi connectivity index (χ4n) is 2.29. The second-order valence-corrected chi connectivity index (χ2v) is 6.23. The van der Waals surface area contributed by atoms with Crippen LogP contribution in [0.4, 0.5) is 4.39 Å². The smallest absolute Gasteiger partial charge is 0.191 e. The number of hydrogen-bond donors (Lipinski definition) is 3. The van der Waals surface area contributed by atoms with E-state index in [2.05, 4.69) is 15.6 Å². The van der Waals surface area contributed by atoms with Crippen LogP contribution in [-0.4, -0.2) is 22.2 Å². The average Bonchev–Trinajstić information content (AvgIpc) is 2.85. The normalized spacial score (nSPS) is 11.2. The van der Waals surface area contributed by atoms with Crippen molar-refractivity contribution >= 4 is 53.1 Å². The highest BCUT2D eigenvalue weighted by molar-refractivity contribution is 14.0. The van der Waals surface area contributed by atoms with Gasteiger partial charge in [0.05, 0.1) is 24.7 Å². The van der Waals surface area contributed by atoms with Crippen LogP contribution >= 0.6 is 47.2 Å². The van der Waals surface area contributed by atoms with E-state index < -0.39 is 5.82 Å². The first-order valence-corrected chi connectivity index (χ1v) is 8.61. The monoisotopic (exact) mass is 514 g/mol. The molecular formula is C17H22Cl2FIN4O.